The average Bonchev–Trinajstić information content (AvgIpc) is 2.46. The van der Waals surface area contributed by atoms with Crippen molar-refractivity contribution in [2.75, 3.05) is 13.1 Å². The van der Waals surface area contributed by atoms with Crippen LogP contribution in [-0.2, 0) is 0 Å². The van der Waals surface area contributed by atoms with E-state index in [1.165, 1.54) is 25.9 Å². The van der Waals surface area contributed by atoms with Gasteiger partial charge < -0.3 is 4.81 Å². The molecule has 15 heavy (non-hydrogen) atoms. The molecule has 0 aromatic rings. The van der Waals surface area contributed by atoms with Gasteiger partial charge in [-0.05, 0) is 25.9 Å². The summed E-state index contributed by atoms with van der Waals surface area (Å²) in [4.78, 5) is 2.60. The van der Waals surface area contributed by atoms with E-state index in [0.29, 0.717) is 0 Å². The van der Waals surface area contributed by atoms with Gasteiger partial charge in [0.25, 0.3) is 0 Å². The Morgan fingerprint density at radius 3 is 1.60 bits per heavy atom. The first kappa shape index (κ1) is 13.5. The zero-order valence-electron chi connectivity index (χ0n) is 11.4. The lowest BCUT2D eigenvalue weighted by Gasteiger charge is -2.40. The Hall–Kier alpha value is 0.459. The topological polar surface area (TPSA) is 3.24 Å². The molecular weight excluding hydrogens is 213 g/mol. The summed E-state index contributed by atoms with van der Waals surface area (Å²) in [5.74, 6) is 0. The van der Waals surface area contributed by atoms with Gasteiger partial charge in [0.15, 0.2) is 0 Å². The molecule has 1 nitrogen and oxygen atoms in total. The quantitative estimate of drug-likeness (QED) is 0.682. The molecule has 0 saturated carbocycles. The largest absolute Gasteiger partial charge is 0.347 e. The second kappa shape index (κ2) is 4.76. The van der Waals surface area contributed by atoms with Crippen LogP contribution in [0.4, 0.5) is 0 Å². The van der Waals surface area contributed by atoms with E-state index >= 15 is 0 Å². The van der Waals surface area contributed by atoms with Gasteiger partial charge in [-0.15, -0.1) is 0 Å². The highest BCUT2D eigenvalue weighted by molar-refractivity contribution is 7.04. The van der Waals surface area contributed by atoms with Crippen LogP contribution in [0.3, 0.4) is 0 Å². The van der Waals surface area contributed by atoms with Crippen LogP contribution in [0.25, 0.3) is 0 Å². The van der Waals surface area contributed by atoms with Gasteiger partial charge >= 0.3 is 0 Å². The first-order chi connectivity index (χ1) is 6.71. The Kier molecular flexibility index (Phi) is 4.29. The Morgan fingerprint density at radius 1 is 0.867 bits per heavy atom. The molecule has 4 heteroatoms. The van der Waals surface area contributed by atoms with Crippen LogP contribution in [-0.4, -0.2) is 41.5 Å². The maximum Gasteiger partial charge on any atom is 0.206 e. The number of hydrogen-bond donors (Lipinski definition) is 0. The van der Waals surface area contributed by atoms with E-state index in [2.05, 4.69) is 51.5 Å². The van der Waals surface area contributed by atoms with E-state index in [4.69, 9.17) is 0 Å². The van der Waals surface area contributed by atoms with Gasteiger partial charge in [-0.2, -0.15) is 0 Å². The molecule has 0 N–H and O–H groups in total. The summed E-state index contributed by atoms with van der Waals surface area (Å²) in [6.07, 6.45) is 2.81. The minimum absolute atomic E-state index is 0.933. The van der Waals surface area contributed by atoms with Gasteiger partial charge in [0.05, 0.1) is 0 Å². The molecule has 1 heterocycles. The highest BCUT2D eigenvalue weighted by Crippen LogP contribution is 2.32. The molecule has 0 aromatic heterocycles. The lowest BCUT2D eigenvalue weighted by atomic mass is 9.95. The minimum Gasteiger partial charge on any atom is -0.347 e. The maximum absolute atomic E-state index is 2.63. The molecule has 1 fully saturated rings. The van der Waals surface area contributed by atoms with Gasteiger partial charge in [-0.3, -0.25) is 0 Å². The van der Waals surface area contributed by atoms with Crippen LogP contribution in [0, 0.1) is 0 Å². The van der Waals surface area contributed by atoms with Crippen molar-refractivity contribution < 1.29 is 0 Å². The zero-order valence-corrected chi connectivity index (χ0v) is 13.4. The SMILES string of the molecule is C[Si](C)(C)C([B]N1CCCC1)[Si](C)(C)C. The molecule has 0 unspecified atom stereocenters. The third-order valence-electron chi connectivity index (χ3n) is 3.37. The van der Waals surface area contributed by atoms with Gasteiger partial charge in [-0.1, -0.05) is 44.3 Å². The molecule has 0 atom stereocenters. The first-order valence-corrected chi connectivity index (χ1v) is 13.5. The molecule has 0 amide bonds. The van der Waals surface area contributed by atoms with Crippen molar-refractivity contribution in [2.24, 2.45) is 0 Å². The maximum atomic E-state index is 2.63. The van der Waals surface area contributed by atoms with Crippen molar-refractivity contribution in [3.05, 3.63) is 0 Å². The molecule has 1 aliphatic heterocycles. The lowest BCUT2D eigenvalue weighted by molar-refractivity contribution is 0.550. The molecule has 0 bridgehead atoms. The van der Waals surface area contributed by atoms with Crippen molar-refractivity contribution in [3.63, 3.8) is 0 Å². The standard InChI is InChI=1S/C11H27BNSi2/c1-14(2,3)11(15(4,5)6)12-13-9-7-8-10-13/h11H,7-10H2,1-6H3. The van der Waals surface area contributed by atoms with E-state index < -0.39 is 16.1 Å². The summed E-state index contributed by atoms with van der Waals surface area (Å²) < 4.78 is 0. The van der Waals surface area contributed by atoms with Gasteiger partial charge in [0, 0.05) is 16.1 Å². The number of nitrogens with zero attached hydrogens (tertiary/aromatic N) is 1. The highest BCUT2D eigenvalue weighted by Gasteiger charge is 2.39. The Balaban J connectivity index is 2.65. The predicted octanol–water partition coefficient (Wildman–Crippen LogP) is 3.24. The van der Waals surface area contributed by atoms with Crippen molar-refractivity contribution in [1.82, 2.24) is 4.81 Å². The van der Waals surface area contributed by atoms with E-state index in [9.17, 15) is 0 Å². The molecule has 1 saturated heterocycles. The fourth-order valence-electron chi connectivity index (χ4n) is 2.85. The van der Waals surface area contributed by atoms with Gasteiger partial charge in [-0.25, -0.2) is 0 Å². The third kappa shape index (κ3) is 4.08. The molecule has 1 aliphatic rings. The minimum atomic E-state index is -1.03. The molecule has 0 aliphatic carbocycles. The highest BCUT2D eigenvalue weighted by atomic mass is 28.4. The van der Waals surface area contributed by atoms with Crippen molar-refractivity contribution >= 4 is 23.6 Å². The van der Waals surface area contributed by atoms with Crippen LogP contribution >= 0.6 is 0 Å². The summed E-state index contributed by atoms with van der Waals surface area (Å²) in [5, 5.41) is 0.933. The fraction of sp³-hybridized carbons (Fsp3) is 1.00. The normalized spacial score (nSPS) is 19.9. The zero-order chi connectivity index (χ0) is 11.7. The van der Waals surface area contributed by atoms with Gasteiger partial charge in [0.1, 0.15) is 0 Å². The Morgan fingerprint density at radius 2 is 1.27 bits per heavy atom. The second-order valence-corrected chi connectivity index (χ2v) is 18.4. The van der Waals surface area contributed by atoms with Crippen LogP contribution < -0.4 is 0 Å². The number of rotatable bonds is 4. The summed E-state index contributed by atoms with van der Waals surface area (Å²) in [6, 6.07) is 0. The average molecular weight is 240 g/mol. The molecule has 0 aromatic carbocycles. The summed E-state index contributed by atoms with van der Waals surface area (Å²) in [6.45, 7) is 17.8. The molecule has 87 valence electrons. The predicted molar refractivity (Wildman–Crippen MR) is 77.0 cm³/mol. The Labute approximate surface area is 98.9 Å². The van der Waals surface area contributed by atoms with Crippen LogP contribution in [0.15, 0.2) is 0 Å². The number of hydrogen-bond acceptors (Lipinski definition) is 1. The van der Waals surface area contributed by atoms with Gasteiger partial charge in [0.2, 0.25) is 7.41 Å². The summed E-state index contributed by atoms with van der Waals surface area (Å²) >= 11 is 0. The summed E-state index contributed by atoms with van der Waals surface area (Å²) in [7, 11) is 0.580. The monoisotopic (exact) mass is 240 g/mol. The van der Waals surface area contributed by atoms with E-state index in [-0.39, 0.29) is 0 Å². The molecule has 0 spiro atoms. The lowest BCUT2D eigenvalue weighted by Crippen LogP contribution is -2.51. The third-order valence-corrected chi connectivity index (χ3v) is 12.6. The van der Waals surface area contributed by atoms with Crippen molar-refractivity contribution in [2.45, 2.75) is 57.2 Å². The van der Waals surface area contributed by atoms with E-state index in [0.717, 1.165) is 5.06 Å². The van der Waals surface area contributed by atoms with E-state index in [1.54, 1.807) is 0 Å². The molecule has 1 rings (SSSR count). The van der Waals surface area contributed by atoms with Crippen LogP contribution in [0.1, 0.15) is 12.8 Å². The fourth-order valence-corrected chi connectivity index (χ4v) is 14.6. The van der Waals surface area contributed by atoms with Crippen LogP contribution in [0.5, 0.6) is 0 Å². The van der Waals surface area contributed by atoms with Crippen molar-refractivity contribution in [1.29, 1.82) is 0 Å². The first-order valence-electron chi connectivity index (χ1n) is 6.30. The molecule has 1 radical (unpaired) electrons. The Bertz CT molecular complexity index is 188. The molecular formula is C11H27BNSi2. The van der Waals surface area contributed by atoms with E-state index in [1.807, 2.05) is 0 Å². The summed E-state index contributed by atoms with van der Waals surface area (Å²) in [5.41, 5.74) is 0. The smallest absolute Gasteiger partial charge is 0.206 e. The van der Waals surface area contributed by atoms with Crippen molar-refractivity contribution in [3.8, 4) is 0 Å². The second-order valence-electron chi connectivity index (χ2n) is 7.10. The van der Waals surface area contributed by atoms with Crippen LogP contribution in [0.2, 0.25) is 44.3 Å².